The molecule has 0 heterocycles. The molecule has 2 aromatic rings. The van der Waals surface area contributed by atoms with Gasteiger partial charge in [0.2, 0.25) is 0 Å². The van der Waals surface area contributed by atoms with Crippen molar-refractivity contribution in [3.05, 3.63) is 58.6 Å². The highest BCUT2D eigenvalue weighted by Gasteiger charge is 2.01. The summed E-state index contributed by atoms with van der Waals surface area (Å²) < 4.78 is 2.21. The molecule has 0 saturated heterocycles. The van der Waals surface area contributed by atoms with Crippen LogP contribution in [0.4, 0.5) is 0 Å². The average Bonchev–Trinajstić information content (AvgIpc) is 2.30. The van der Waals surface area contributed by atoms with Crippen LogP contribution in [0.2, 0.25) is 0 Å². The summed E-state index contributed by atoms with van der Waals surface area (Å²) in [6, 6.07) is 17.0. The summed E-state index contributed by atoms with van der Waals surface area (Å²) >= 11 is 5.94. The minimum atomic E-state index is 1.06. The van der Waals surface area contributed by atoms with E-state index in [0.717, 1.165) is 8.90 Å². The fraction of sp³-hybridized carbons (Fsp3) is 0.0769. The summed E-state index contributed by atoms with van der Waals surface area (Å²) in [6.07, 6.45) is 0. The van der Waals surface area contributed by atoms with Gasteiger partial charge in [-0.2, -0.15) is 0 Å². The molecule has 2 rings (SSSR count). The lowest BCUT2D eigenvalue weighted by atomic mass is 10.0. The van der Waals surface area contributed by atoms with Crippen LogP contribution in [0.5, 0.6) is 0 Å². The van der Waals surface area contributed by atoms with E-state index in [0.29, 0.717) is 0 Å². The van der Waals surface area contributed by atoms with Gasteiger partial charge in [-0.05, 0) is 22.8 Å². The first-order valence-corrected chi connectivity index (χ1v) is 7.03. The second-order valence-electron chi connectivity index (χ2n) is 3.31. The molecule has 0 aliphatic rings. The maximum absolute atomic E-state index is 3.57. The summed E-state index contributed by atoms with van der Waals surface area (Å²) in [7, 11) is 0. The molecule has 0 aromatic heterocycles. The lowest BCUT2D eigenvalue weighted by Gasteiger charge is -2.04. The van der Waals surface area contributed by atoms with Gasteiger partial charge in [0.15, 0.2) is 0 Å². The zero-order valence-corrected chi connectivity index (χ0v) is 11.8. The van der Waals surface area contributed by atoms with Gasteiger partial charge in [-0.1, -0.05) is 81.0 Å². The Morgan fingerprint density at radius 3 is 2.20 bits per heavy atom. The molecule has 0 aliphatic heterocycles. The highest BCUT2D eigenvalue weighted by atomic mass is 127. The summed E-state index contributed by atoms with van der Waals surface area (Å²) in [5, 5.41) is 0. The molecule has 15 heavy (non-hydrogen) atoms. The molecule has 0 aliphatic carbocycles. The van der Waals surface area contributed by atoms with E-state index in [2.05, 4.69) is 81.0 Å². The molecule has 0 nitrogen and oxygen atoms in total. The van der Waals surface area contributed by atoms with E-state index in [4.69, 9.17) is 0 Å². The molecular formula is C13H10BrI. The smallest absolute Gasteiger partial charge is 0.0253 e. The molecule has 0 amide bonds. The molecule has 76 valence electrons. The lowest BCUT2D eigenvalue weighted by molar-refractivity contribution is 1.45. The van der Waals surface area contributed by atoms with Crippen LogP contribution < -0.4 is 0 Å². The van der Waals surface area contributed by atoms with E-state index >= 15 is 0 Å². The van der Waals surface area contributed by atoms with Crippen LogP contribution in [-0.4, -0.2) is 0 Å². The maximum atomic E-state index is 3.57. The van der Waals surface area contributed by atoms with Crippen molar-refractivity contribution in [2.45, 2.75) is 4.43 Å². The molecule has 0 unspecified atom stereocenters. The van der Waals surface area contributed by atoms with Crippen molar-refractivity contribution in [1.82, 2.24) is 0 Å². The van der Waals surface area contributed by atoms with Gasteiger partial charge in [-0.15, -0.1) is 0 Å². The van der Waals surface area contributed by atoms with Crippen LogP contribution in [0.3, 0.4) is 0 Å². The Balaban J connectivity index is 2.42. The second-order valence-corrected chi connectivity index (χ2v) is 4.93. The predicted octanol–water partition coefficient (Wildman–Crippen LogP) is 5.05. The van der Waals surface area contributed by atoms with Crippen LogP contribution in [-0.2, 0) is 4.43 Å². The van der Waals surface area contributed by atoms with Crippen LogP contribution in [0.25, 0.3) is 11.1 Å². The van der Waals surface area contributed by atoms with E-state index in [-0.39, 0.29) is 0 Å². The third-order valence-electron chi connectivity index (χ3n) is 2.29. The molecular weight excluding hydrogens is 363 g/mol. The predicted molar refractivity (Wildman–Crippen MR) is 77.3 cm³/mol. The normalized spacial score (nSPS) is 10.3. The standard InChI is InChI=1S/C13H10BrI/c14-13-4-2-1-3-12(13)11-7-5-10(9-15)6-8-11/h1-8H,9H2. The van der Waals surface area contributed by atoms with Gasteiger partial charge in [0.25, 0.3) is 0 Å². The highest BCUT2D eigenvalue weighted by Crippen LogP contribution is 2.28. The molecule has 0 fully saturated rings. The molecule has 0 radical (unpaired) electrons. The topological polar surface area (TPSA) is 0 Å². The van der Waals surface area contributed by atoms with E-state index in [9.17, 15) is 0 Å². The van der Waals surface area contributed by atoms with Crippen molar-refractivity contribution in [1.29, 1.82) is 0 Å². The number of benzene rings is 2. The number of halogens is 2. The Morgan fingerprint density at radius 1 is 0.933 bits per heavy atom. The molecule has 0 saturated carbocycles. The maximum Gasteiger partial charge on any atom is 0.0253 e. The molecule has 0 atom stereocenters. The molecule has 0 bridgehead atoms. The largest absolute Gasteiger partial charge is 0.0812 e. The quantitative estimate of drug-likeness (QED) is 0.511. The third-order valence-corrected chi connectivity index (χ3v) is 3.87. The lowest BCUT2D eigenvalue weighted by Crippen LogP contribution is -1.81. The number of rotatable bonds is 2. The zero-order chi connectivity index (χ0) is 10.7. The van der Waals surface area contributed by atoms with E-state index in [1.165, 1.54) is 16.7 Å². The SMILES string of the molecule is Brc1ccccc1-c1ccc(CI)cc1. The van der Waals surface area contributed by atoms with Gasteiger partial charge in [0.1, 0.15) is 0 Å². The molecule has 0 spiro atoms. The Morgan fingerprint density at radius 2 is 1.60 bits per heavy atom. The monoisotopic (exact) mass is 372 g/mol. The highest BCUT2D eigenvalue weighted by molar-refractivity contribution is 14.1. The summed E-state index contributed by atoms with van der Waals surface area (Å²) in [6.45, 7) is 0. The van der Waals surface area contributed by atoms with Crippen molar-refractivity contribution in [3.63, 3.8) is 0 Å². The minimum Gasteiger partial charge on any atom is -0.0812 e. The fourth-order valence-electron chi connectivity index (χ4n) is 1.47. The van der Waals surface area contributed by atoms with Gasteiger partial charge in [0, 0.05) is 8.90 Å². The van der Waals surface area contributed by atoms with Crippen molar-refractivity contribution in [2.24, 2.45) is 0 Å². The van der Waals surface area contributed by atoms with Gasteiger partial charge < -0.3 is 0 Å². The summed E-state index contributed by atoms with van der Waals surface area (Å²) in [4.78, 5) is 0. The fourth-order valence-corrected chi connectivity index (χ4v) is 2.49. The van der Waals surface area contributed by atoms with Crippen LogP contribution in [0.1, 0.15) is 5.56 Å². The van der Waals surface area contributed by atoms with Crippen LogP contribution in [0.15, 0.2) is 53.0 Å². The minimum absolute atomic E-state index is 1.06. The summed E-state index contributed by atoms with van der Waals surface area (Å²) in [5.74, 6) is 0. The van der Waals surface area contributed by atoms with Crippen molar-refractivity contribution >= 4 is 38.5 Å². The van der Waals surface area contributed by atoms with Crippen molar-refractivity contribution in [3.8, 4) is 11.1 Å². The van der Waals surface area contributed by atoms with Crippen LogP contribution >= 0.6 is 38.5 Å². The van der Waals surface area contributed by atoms with E-state index in [1.54, 1.807) is 0 Å². The molecule has 0 N–H and O–H groups in total. The first-order valence-electron chi connectivity index (χ1n) is 4.71. The van der Waals surface area contributed by atoms with Crippen molar-refractivity contribution < 1.29 is 0 Å². The second kappa shape index (κ2) is 5.12. The zero-order valence-electron chi connectivity index (χ0n) is 8.08. The molecule has 2 aromatic carbocycles. The summed E-state index contributed by atoms with van der Waals surface area (Å²) in [5.41, 5.74) is 3.87. The van der Waals surface area contributed by atoms with Gasteiger partial charge in [0.05, 0.1) is 0 Å². The molecule has 2 heteroatoms. The van der Waals surface area contributed by atoms with E-state index in [1.807, 2.05) is 6.07 Å². The number of alkyl halides is 1. The van der Waals surface area contributed by atoms with Gasteiger partial charge >= 0.3 is 0 Å². The van der Waals surface area contributed by atoms with Gasteiger partial charge in [-0.3, -0.25) is 0 Å². The Labute approximate surface area is 112 Å². The number of hydrogen-bond donors (Lipinski definition) is 0. The Kier molecular flexibility index (Phi) is 3.81. The first-order chi connectivity index (χ1) is 7.31. The average molecular weight is 373 g/mol. The first kappa shape index (κ1) is 11.1. The number of hydrogen-bond acceptors (Lipinski definition) is 0. The Bertz CT molecular complexity index is 448. The Hall–Kier alpha value is -0.350. The van der Waals surface area contributed by atoms with E-state index < -0.39 is 0 Å². The van der Waals surface area contributed by atoms with Crippen LogP contribution in [0, 0.1) is 0 Å². The van der Waals surface area contributed by atoms with Gasteiger partial charge in [-0.25, -0.2) is 0 Å². The van der Waals surface area contributed by atoms with Crippen molar-refractivity contribution in [2.75, 3.05) is 0 Å². The third kappa shape index (κ3) is 2.61.